The molecule has 0 unspecified atom stereocenters. The second-order valence-corrected chi connectivity index (χ2v) is 6.01. The third kappa shape index (κ3) is 4.09. The number of carbonyl (C=O) groups excluding carboxylic acids is 1. The lowest BCUT2D eigenvalue weighted by atomic mass is 9.98. The Hall–Kier alpha value is -3.74. The van der Waals surface area contributed by atoms with Gasteiger partial charge < -0.3 is 10.4 Å². The van der Waals surface area contributed by atoms with Crippen molar-refractivity contribution >= 4 is 28.3 Å². The molecule has 7 heteroatoms. The molecule has 3 aromatic carbocycles. The van der Waals surface area contributed by atoms with Gasteiger partial charge in [-0.15, -0.1) is 0 Å². The summed E-state index contributed by atoms with van der Waals surface area (Å²) >= 11 is 0. The van der Waals surface area contributed by atoms with Crippen molar-refractivity contribution in [3.8, 4) is 0 Å². The quantitative estimate of drug-likeness (QED) is 0.516. The van der Waals surface area contributed by atoms with Crippen LogP contribution >= 0.6 is 0 Å². The first-order valence-electron chi connectivity index (χ1n) is 8.20. The van der Waals surface area contributed by atoms with Crippen LogP contribution in [0.4, 0.5) is 5.69 Å². The molecule has 0 spiro atoms. The van der Waals surface area contributed by atoms with Gasteiger partial charge in [0.1, 0.15) is 6.04 Å². The summed E-state index contributed by atoms with van der Waals surface area (Å²) in [5.41, 5.74) is 0.594. The summed E-state index contributed by atoms with van der Waals surface area (Å²) < 4.78 is 0. The van der Waals surface area contributed by atoms with E-state index in [-0.39, 0.29) is 17.7 Å². The topological polar surface area (TPSA) is 110 Å². The van der Waals surface area contributed by atoms with Gasteiger partial charge in [0.15, 0.2) is 0 Å². The largest absolute Gasteiger partial charge is 0.480 e. The fraction of sp³-hybridized carbons (Fsp3) is 0.100. The third-order valence-electron chi connectivity index (χ3n) is 4.23. The molecule has 0 aliphatic carbocycles. The van der Waals surface area contributed by atoms with Gasteiger partial charge >= 0.3 is 5.97 Å². The van der Waals surface area contributed by atoms with Crippen LogP contribution in [-0.2, 0) is 11.2 Å². The minimum absolute atomic E-state index is 0.0355. The Morgan fingerprint density at radius 1 is 1.04 bits per heavy atom. The summed E-state index contributed by atoms with van der Waals surface area (Å²) in [6.07, 6.45) is 0.0946. The van der Waals surface area contributed by atoms with E-state index in [1.54, 1.807) is 0 Å². The van der Waals surface area contributed by atoms with Crippen molar-refractivity contribution in [1.29, 1.82) is 0 Å². The van der Waals surface area contributed by atoms with Crippen LogP contribution in [0.25, 0.3) is 10.8 Å². The van der Waals surface area contributed by atoms with E-state index in [2.05, 4.69) is 5.32 Å². The molecule has 0 saturated carbocycles. The zero-order chi connectivity index (χ0) is 19.4. The second-order valence-electron chi connectivity index (χ2n) is 6.01. The lowest BCUT2D eigenvalue weighted by Gasteiger charge is -2.16. The highest BCUT2D eigenvalue weighted by Crippen LogP contribution is 2.20. The number of amides is 1. The molecule has 0 aliphatic rings. The Bertz CT molecular complexity index is 1030. The van der Waals surface area contributed by atoms with Crippen LogP contribution in [0.1, 0.15) is 15.9 Å². The van der Waals surface area contributed by atoms with Gasteiger partial charge in [0.2, 0.25) is 0 Å². The van der Waals surface area contributed by atoms with E-state index in [9.17, 15) is 24.8 Å². The standard InChI is InChI=1S/C20H16N2O5/c23-19(15-8-4-9-16(11-15)22(26)27)21-18(20(24)25)12-14-7-3-6-13-5-1-2-10-17(13)14/h1-11,18H,12H2,(H,21,23)(H,24,25)/t18-/m0/s1. The molecule has 1 atom stereocenters. The number of nitrogens with zero attached hydrogens (tertiary/aromatic N) is 1. The molecule has 0 heterocycles. The normalized spacial score (nSPS) is 11.7. The van der Waals surface area contributed by atoms with Gasteiger partial charge in [0, 0.05) is 24.1 Å². The molecule has 136 valence electrons. The second kappa shape index (κ2) is 7.65. The average Bonchev–Trinajstić information content (AvgIpc) is 2.67. The van der Waals surface area contributed by atoms with E-state index in [1.165, 1.54) is 18.2 Å². The molecule has 0 radical (unpaired) electrons. The molecular formula is C20H16N2O5. The Balaban J connectivity index is 1.84. The van der Waals surface area contributed by atoms with Crippen molar-refractivity contribution in [2.75, 3.05) is 0 Å². The van der Waals surface area contributed by atoms with Crippen LogP contribution in [0, 0.1) is 10.1 Å². The van der Waals surface area contributed by atoms with Crippen molar-refractivity contribution in [2.24, 2.45) is 0 Å². The summed E-state index contributed by atoms with van der Waals surface area (Å²) in [5.74, 6) is -1.85. The van der Waals surface area contributed by atoms with Gasteiger partial charge in [0.05, 0.1) is 4.92 Å². The number of carboxylic acid groups (broad SMARTS) is 1. The van der Waals surface area contributed by atoms with Crippen LogP contribution < -0.4 is 5.32 Å². The molecule has 3 aromatic rings. The lowest BCUT2D eigenvalue weighted by Crippen LogP contribution is -2.42. The number of rotatable bonds is 6. The first kappa shape index (κ1) is 18.1. The van der Waals surface area contributed by atoms with E-state index >= 15 is 0 Å². The number of non-ortho nitro benzene ring substituents is 1. The lowest BCUT2D eigenvalue weighted by molar-refractivity contribution is -0.384. The predicted octanol–water partition coefficient (Wildman–Crippen LogP) is 3.17. The number of aliphatic carboxylic acids is 1. The van der Waals surface area contributed by atoms with E-state index in [0.29, 0.717) is 0 Å². The minimum atomic E-state index is -1.18. The van der Waals surface area contributed by atoms with Crippen molar-refractivity contribution in [2.45, 2.75) is 12.5 Å². The summed E-state index contributed by atoms with van der Waals surface area (Å²) in [5, 5.41) is 24.7. The third-order valence-corrected chi connectivity index (χ3v) is 4.23. The summed E-state index contributed by atoms with van der Waals surface area (Å²) in [6.45, 7) is 0. The number of nitro groups is 1. The maximum Gasteiger partial charge on any atom is 0.326 e. The van der Waals surface area contributed by atoms with Gasteiger partial charge in [-0.1, -0.05) is 48.5 Å². The predicted molar refractivity (Wildman–Crippen MR) is 99.6 cm³/mol. The van der Waals surface area contributed by atoms with Gasteiger partial charge in [-0.3, -0.25) is 14.9 Å². The number of nitrogens with one attached hydrogen (secondary N) is 1. The smallest absolute Gasteiger partial charge is 0.326 e. The first-order valence-corrected chi connectivity index (χ1v) is 8.20. The monoisotopic (exact) mass is 364 g/mol. The van der Waals surface area contributed by atoms with E-state index in [1.807, 2.05) is 42.5 Å². The molecule has 27 heavy (non-hydrogen) atoms. The summed E-state index contributed by atoms with van der Waals surface area (Å²) in [6, 6.07) is 17.2. The van der Waals surface area contributed by atoms with E-state index in [0.717, 1.165) is 22.4 Å². The Kier molecular flexibility index (Phi) is 5.12. The zero-order valence-electron chi connectivity index (χ0n) is 14.2. The number of hydrogen-bond donors (Lipinski definition) is 2. The molecule has 0 fully saturated rings. The van der Waals surface area contributed by atoms with Crippen molar-refractivity contribution in [1.82, 2.24) is 5.32 Å². The highest BCUT2D eigenvalue weighted by Gasteiger charge is 2.22. The van der Waals surface area contributed by atoms with Crippen LogP contribution in [0.3, 0.4) is 0 Å². The fourth-order valence-corrected chi connectivity index (χ4v) is 2.89. The number of benzene rings is 3. The molecule has 2 N–H and O–H groups in total. The van der Waals surface area contributed by atoms with E-state index < -0.39 is 22.8 Å². The highest BCUT2D eigenvalue weighted by molar-refractivity contribution is 5.97. The first-order chi connectivity index (χ1) is 13.0. The molecule has 0 saturated heterocycles. The van der Waals surface area contributed by atoms with Crippen LogP contribution in [0.15, 0.2) is 66.7 Å². The van der Waals surface area contributed by atoms with Crippen LogP contribution in [-0.4, -0.2) is 27.9 Å². The highest BCUT2D eigenvalue weighted by atomic mass is 16.6. The van der Waals surface area contributed by atoms with Crippen molar-refractivity contribution in [3.05, 3.63) is 88.0 Å². The molecule has 7 nitrogen and oxygen atoms in total. The van der Waals surface area contributed by atoms with Crippen LogP contribution in [0.5, 0.6) is 0 Å². The van der Waals surface area contributed by atoms with Gasteiger partial charge in [-0.05, 0) is 22.4 Å². The fourth-order valence-electron chi connectivity index (χ4n) is 2.89. The van der Waals surface area contributed by atoms with Crippen LogP contribution in [0.2, 0.25) is 0 Å². The van der Waals surface area contributed by atoms with Gasteiger partial charge in [-0.25, -0.2) is 4.79 Å². The average molecular weight is 364 g/mol. The van der Waals surface area contributed by atoms with Crippen molar-refractivity contribution < 1.29 is 19.6 Å². The SMILES string of the molecule is O=C(N[C@@H](Cc1cccc2ccccc12)C(=O)O)c1cccc([N+](=O)[O-])c1. The number of hydrogen-bond acceptors (Lipinski definition) is 4. The maximum absolute atomic E-state index is 12.4. The Morgan fingerprint density at radius 3 is 2.48 bits per heavy atom. The molecule has 1 amide bonds. The summed E-state index contributed by atoms with van der Waals surface area (Å²) in [7, 11) is 0. The summed E-state index contributed by atoms with van der Waals surface area (Å²) in [4.78, 5) is 34.3. The molecule has 0 aromatic heterocycles. The maximum atomic E-state index is 12.4. The number of carboxylic acids is 1. The molecule has 0 aliphatic heterocycles. The Labute approximate surface area is 154 Å². The van der Waals surface area contributed by atoms with E-state index in [4.69, 9.17) is 0 Å². The minimum Gasteiger partial charge on any atom is -0.480 e. The zero-order valence-corrected chi connectivity index (χ0v) is 14.2. The van der Waals surface area contributed by atoms with Gasteiger partial charge in [0.25, 0.3) is 11.6 Å². The number of nitro benzene ring substituents is 1. The molecule has 3 rings (SSSR count). The number of fused-ring (bicyclic) bond motifs is 1. The number of carbonyl (C=O) groups is 2. The molecular weight excluding hydrogens is 348 g/mol. The molecule has 0 bridgehead atoms. The Morgan fingerprint density at radius 2 is 1.74 bits per heavy atom. The van der Waals surface area contributed by atoms with Gasteiger partial charge in [-0.2, -0.15) is 0 Å². The van der Waals surface area contributed by atoms with Crippen molar-refractivity contribution in [3.63, 3.8) is 0 Å².